The molecular weight excluding hydrogens is 275 g/mol. The van der Waals surface area contributed by atoms with Gasteiger partial charge in [0.25, 0.3) is 0 Å². The molecule has 0 N–H and O–H groups in total. The summed E-state index contributed by atoms with van der Waals surface area (Å²) in [4.78, 5) is 4.16. The Morgan fingerprint density at radius 2 is 1.73 bits per heavy atom. The quantitative estimate of drug-likeness (QED) is 0.668. The number of hydrogen-bond donors (Lipinski definition) is 0. The van der Waals surface area contributed by atoms with Gasteiger partial charge in [0.1, 0.15) is 11.4 Å². The van der Waals surface area contributed by atoms with Crippen LogP contribution in [0.2, 0.25) is 0 Å². The van der Waals surface area contributed by atoms with E-state index in [4.69, 9.17) is 6.42 Å². The average Bonchev–Trinajstić information content (AvgIpc) is 3.09. The molecule has 0 aliphatic heterocycles. The van der Waals surface area contributed by atoms with Crippen molar-refractivity contribution in [3.8, 4) is 12.3 Å². The van der Waals surface area contributed by atoms with Crippen LogP contribution in [0.1, 0.15) is 17.5 Å². The van der Waals surface area contributed by atoms with Gasteiger partial charge in [0.2, 0.25) is 0 Å². The van der Waals surface area contributed by atoms with Crippen LogP contribution in [0, 0.1) is 18.2 Å². The molecule has 0 saturated carbocycles. The van der Waals surface area contributed by atoms with Gasteiger partial charge in [-0.25, -0.2) is 9.37 Å². The third kappa shape index (κ3) is 2.29. The molecule has 0 radical (unpaired) electrons. The van der Waals surface area contributed by atoms with Crippen molar-refractivity contribution in [2.45, 2.75) is 12.0 Å². The molecule has 2 nitrogen and oxygen atoms in total. The Labute approximate surface area is 129 Å². The van der Waals surface area contributed by atoms with Crippen molar-refractivity contribution >= 4 is 0 Å². The zero-order valence-electron chi connectivity index (χ0n) is 12.0. The first-order valence-corrected chi connectivity index (χ1v) is 7.01. The van der Waals surface area contributed by atoms with Gasteiger partial charge in [0, 0.05) is 18.8 Å². The molecule has 1 atom stereocenters. The first-order valence-electron chi connectivity index (χ1n) is 7.01. The maximum atomic E-state index is 13.3. The normalized spacial score (nSPS) is 13.3. The van der Waals surface area contributed by atoms with Crippen molar-refractivity contribution in [2.24, 2.45) is 0 Å². The van der Waals surface area contributed by atoms with Gasteiger partial charge in [-0.05, 0) is 23.3 Å². The molecule has 0 bridgehead atoms. The fraction of sp³-hybridized carbons (Fsp3) is 0.105. The molecule has 3 rings (SSSR count). The van der Waals surface area contributed by atoms with Gasteiger partial charge in [-0.2, -0.15) is 0 Å². The average molecular weight is 290 g/mol. The van der Waals surface area contributed by atoms with Crippen LogP contribution in [0.3, 0.4) is 0 Å². The maximum Gasteiger partial charge on any atom is 0.123 e. The molecule has 0 spiro atoms. The lowest BCUT2D eigenvalue weighted by Crippen LogP contribution is -2.35. The van der Waals surface area contributed by atoms with Crippen molar-refractivity contribution in [2.75, 3.05) is 0 Å². The number of benzene rings is 2. The number of terminal acetylenes is 1. The molecule has 1 aromatic heterocycles. The van der Waals surface area contributed by atoms with E-state index in [9.17, 15) is 4.39 Å². The number of rotatable bonds is 4. The van der Waals surface area contributed by atoms with Gasteiger partial charge in [-0.3, -0.25) is 0 Å². The molecule has 3 heteroatoms. The van der Waals surface area contributed by atoms with Gasteiger partial charge in [0.05, 0.1) is 6.33 Å². The van der Waals surface area contributed by atoms with Crippen molar-refractivity contribution in [3.63, 3.8) is 0 Å². The molecule has 0 fully saturated rings. The summed E-state index contributed by atoms with van der Waals surface area (Å²) in [6.07, 6.45) is 11.5. The second-order valence-corrected chi connectivity index (χ2v) is 5.08. The fourth-order valence-electron chi connectivity index (χ4n) is 2.83. The van der Waals surface area contributed by atoms with E-state index in [-0.39, 0.29) is 5.82 Å². The molecule has 1 unspecified atom stereocenters. The van der Waals surface area contributed by atoms with E-state index < -0.39 is 5.54 Å². The molecule has 0 saturated heterocycles. The zero-order chi connectivity index (χ0) is 15.4. The lowest BCUT2D eigenvalue weighted by atomic mass is 9.80. The number of nitrogens with zero attached hydrogens (tertiary/aromatic N) is 2. The van der Waals surface area contributed by atoms with E-state index in [2.05, 4.69) is 10.9 Å². The molecule has 108 valence electrons. The first-order chi connectivity index (χ1) is 10.8. The Hall–Kier alpha value is -2.86. The summed E-state index contributed by atoms with van der Waals surface area (Å²) in [5, 5.41) is 0. The second-order valence-electron chi connectivity index (χ2n) is 5.08. The van der Waals surface area contributed by atoms with Crippen LogP contribution >= 0.6 is 0 Å². The summed E-state index contributed by atoms with van der Waals surface area (Å²) in [6, 6.07) is 16.4. The minimum Gasteiger partial charge on any atom is -0.322 e. The minimum absolute atomic E-state index is 0.267. The number of hydrogen-bond acceptors (Lipinski definition) is 1. The van der Waals surface area contributed by atoms with Crippen molar-refractivity contribution < 1.29 is 4.39 Å². The predicted octanol–water partition coefficient (Wildman–Crippen LogP) is 3.84. The number of halogens is 1. The van der Waals surface area contributed by atoms with E-state index in [0.717, 1.165) is 11.1 Å². The Bertz CT molecular complexity index is 771. The van der Waals surface area contributed by atoms with Gasteiger partial charge >= 0.3 is 0 Å². The summed E-state index contributed by atoms with van der Waals surface area (Å²) >= 11 is 0. The molecule has 3 aromatic rings. The van der Waals surface area contributed by atoms with E-state index in [1.54, 1.807) is 24.7 Å². The van der Waals surface area contributed by atoms with E-state index >= 15 is 0 Å². The highest BCUT2D eigenvalue weighted by atomic mass is 19.1. The zero-order valence-corrected chi connectivity index (χ0v) is 12.0. The Morgan fingerprint density at radius 3 is 2.32 bits per heavy atom. The second kappa shape index (κ2) is 5.87. The summed E-state index contributed by atoms with van der Waals surface area (Å²) < 4.78 is 15.3. The topological polar surface area (TPSA) is 17.8 Å². The van der Waals surface area contributed by atoms with Crippen LogP contribution in [0.4, 0.5) is 4.39 Å². The summed E-state index contributed by atoms with van der Waals surface area (Å²) in [7, 11) is 0. The van der Waals surface area contributed by atoms with Crippen molar-refractivity contribution in [1.82, 2.24) is 9.55 Å². The van der Waals surface area contributed by atoms with E-state index in [1.165, 1.54) is 12.1 Å². The Balaban J connectivity index is 2.29. The molecular formula is C19H15FN2. The van der Waals surface area contributed by atoms with Gasteiger partial charge in [-0.1, -0.05) is 42.5 Å². The van der Waals surface area contributed by atoms with E-state index in [0.29, 0.717) is 6.42 Å². The van der Waals surface area contributed by atoms with Crippen LogP contribution in [-0.2, 0) is 5.54 Å². The van der Waals surface area contributed by atoms with Crippen LogP contribution in [-0.4, -0.2) is 9.55 Å². The highest BCUT2D eigenvalue weighted by molar-refractivity contribution is 5.41. The molecule has 0 amide bonds. The van der Waals surface area contributed by atoms with Crippen LogP contribution in [0.15, 0.2) is 73.3 Å². The molecule has 1 heterocycles. The van der Waals surface area contributed by atoms with Gasteiger partial charge < -0.3 is 4.57 Å². The Kier molecular flexibility index (Phi) is 3.76. The first kappa shape index (κ1) is 14.1. The minimum atomic E-state index is -0.597. The molecule has 0 aliphatic rings. The SMILES string of the molecule is C#CCC(c1ccccc1)(c1ccc(F)cc1)n1ccnc1. The monoisotopic (exact) mass is 290 g/mol. The highest BCUT2D eigenvalue weighted by Crippen LogP contribution is 2.37. The molecule has 2 aromatic carbocycles. The third-order valence-electron chi connectivity index (χ3n) is 3.88. The van der Waals surface area contributed by atoms with Crippen molar-refractivity contribution in [1.29, 1.82) is 0 Å². The van der Waals surface area contributed by atoms with Crippen molar-refractivity contribution in [3.05, 3.63) is 90.3 Å². The fourth-order valence-corrected chi connectivity index (χ4v) is 2.83. The maximum absolute atomic E-state index is 13.3. The molecule has 0 aliphatic carbocycles. The standard InChI is InChI=1S/C19H15FN2/c1-2-12-19(22-14-13-21-15-22,16-6-4-3-5-7-16)17-8-10-18(20)11-9-17/h1,3-11,13-15H,12H2. The van der Waals surface area contributed by atoms with Gasteiger partial charge in [-0.15, -0.1) is 12.3 Å². The summed E-state index contributed by atoms with van der Waals surface area (Å²) in [6.45, 7) is 0. The smallest absolute Gasteiger partial charge is 0.123 e. The van der Waals surface area contributed by atoms with Crippen LogP contribution in [0.25, 0.3) is 0 Å². The third-order valence-corrected chi connectivity index (χ3v) is 3.88. The number of imidazole rings is 1. The number of aromatic nitrogens is 2. The lowest BCUT2D eigenvalue weighted by molar-refractivity contribution is 0.440. The highest BCUT2D eigenvalue weighted by Gasteiger charge is 2.35. The van der Waals surface area contributed by atoms with Crippen LogP contribution < -0.4 is 0 Å². The Morgan fingerprint density at radius 1 is 1.05 bits per heavy atom. The van der Waals surface area contributed by atoms with E-state index in [1.807, 2.05) is 41.1 Å². The van der Waals surface area contributed by atoms with Crippen LogP contribution in [0.5, 0.6) is 0 Å². The van der Waals surface area contributed by atoms with Gasteiger partial charge in [0.15, 0.2) is 0 Å². The summed E-state index contributed by atoms with van der Waals surface area (Å²) in [5.74, 6) is 2.50. The largest absolute Gasteiger partial charge is 0.322 e. The lowest BCUT2D eigenvalue weighted by Gasteiger charge is -2.35. The summed E-state index contributed by atoms with van der Waals surface area (Å²) in [5.41, 5.74) is 1.37. The predicted molar refractivity (Wildman–Crippen MR) is 84.7 cm³/mol. The molecule has 22 heavy (non-hydrogen) atoms.